The zero-order chi connectivity index (χ0) is 10.4. The van der Waals surface area contributed by atoms with Crippen molar-refractivity contribution in [1.29, 1.82) is 0 Å². The number of hydrogen-bond acceptors (Lipinski definition) is 1. The van der Waals surface area contributed by atoms with Crippen LogP contribution in [0.1, 0.15) is 0 Å². The Balaban J connectivity index is 2.61. The summed E-state index contributed by atoms with van der Waals surface area (Å²) in [6.45, 7) is 0. The van der Waals surface area contributed by atoms with E-state index in [2.05, 4.69) is 12.1 Å². The average Bonchev–Trinajstić information content (AvgIpc) is 2.57. The lowest BCUT2D eigenvalue weighted by Crippen LogP contribution is -1.68. The summed E-state index contributed by atoms with van der Waals surface area (Å²) in [6, 6.07) is 12.0. The molecule has 2 aromatic carbocycles. The Morgan fingerprint density at radius 1 is 0.933 bits per heavy atom. The maximum atomic E-state index is 6.16. The fraction of sp³-hybridized carbons (Fsp3) is 0. The summed E-state index contributed by atoms with van der Waals surface area (Å²) < 4.78 is 2.36. The summed E-state index contributed by atoms with van der Waals surface area (Å²) in [5, 5.41) is 3.80. The standard InChI is InChI=1S/C12H6Cl2S/c13-7-5-9-8-3-1-2-4-11(8)15-12(9)10(14)6-7/h1-6H. The molecule has 3 heteroatoms. The fourth-order valence-electron chi connectivity index (χ4n) is 1.75. The van der Waals surface area contributed by atoms with E-state index in [0.717, 1.165) is 15.1 Å². The highest BCUT2D eigenvalue weighted by molar-refractivity contribution is 7.26. The fourth-order valence-corrected chi connectivity index (χ4v) is 3.45. The van der Waals surface area contributed by atoms with Gasteiger partial charge in [-0.05, 0) is 18.2 Å². The molecular weight excluding hydrogens is 247 g/mol. The van der Waals surface area contributed by atoms with Gasteiger partial charge >= 0.3 is 0 Å². The van der Waals surface area contributed by atoms with Crippen LogP contribution in [-0.2, 0) is 0 Å². The minimum absolute atomic E-state index is 0.691. The lowest BCUT2D eigenvalue weighted by Gasteiger charge is -1.95. The normalized spacial score (nSPS) is 11.3. The molecule has 0 amide bonds. The SMILES string of the molecule is Clc1cc(Cl)c2sc3ccccc3c2c1. The van der Waals surface area contributed by atoms with E-state index < -0.39 is 0 Å². The molecule has 0 N–H and O–H groups in total. The Bertz CT molecular complexity index is 655. The van der Waals surface area contributed by atoms with Crippen molar-refractivity contribution in [3.8, 4) is 0 Å². The molecule has 74 valence electrons. The number of hydrogen-bond donors (Lipinski definition) is 0. The maximum absolute atomic E-state index is 6.16. The van der Waals surface area contributed by atoms with E-state index in [9.17, 15) is 0 Å². The van der Waals surface area contributed by atoms with Gasteiger partial charge in [0.25, 0.3) is 0 Å². The molecule has 0 radical (unpaired) electrons. The van der Waals surface area contributed by atoms with Crippen LogP contribution in [0.3, 0.4) is 0 Å². The third-order valence-electron chi connectivity index (χ3n) is 2.40. The molecule has 0 aliphatic carbocycles. The highest BCUT2D eigenvalue weighted by atomic mass is 35.5. The Morgan fingerprint density at radius 2 is 1.73 bits per heavy atom. The smallest absolute Gasteiger partial charge is 0.0599 e. The summed E-state index contributed by atoms with van der Waals surface area (Å²) in [6.07, 6.45) is 0. The lowest BCUT2D eigenvalue weighted by molar-refractivity contribution is 1.83. The summed E-state index contributed by atoms with van der Waals surface area (Å²) in [5.74, 6) is 0. The van der Waals surface area contributed by atoms with E-state index in [0.29, 0.717) is 5.02 Å². The van der Waals surface area contributed by atoms with Gasteiger partial charge in [0, 0.05) is 20.5 Å². The zero-order valence-electron chi connectivity index (χ0n) is 7.63. The summed E-state index contributed by atoms with van der Waals surface area (Å²) in [4.78, 5) is 0. The van der Waals surface area contributed by atoms with Crippen LogP contribution < -0.4 is 0 Å². The first-order chi connectivity index (χ1) is 7.25. The van der Waals surface area contributed by atoms with Crippen molar-refractivity contribution in [2.45, 2.75) is 0 Å². The molecule has 0 unspecified atom stereocenters. The molecule has 0 saturated heterocycles. The number of halogens is 2. The molecule has 0 nitrogen and oxygen atoms in total. The molecule has 3 aromatic rings. The van der Waals surface area contributed by atoms with Crippen molar-refractivity contribution < 1.29 is 0 Å². The topological polar surface area (TPSA) is 0 Å². The van der Waals surface area contributed by atoms with Gasteiger partial charge in [0.2, 0.25) is 0 Å². The molecule has 0 fully saturated rings. The molecule has 0 spiro atoms. The van der Waals surface area contributed by atoms with Crippen LogP contribution in [0, 0.1) is 0 Å². The monoisotopic (exact) mass is 252 g/mol. The molecule has 0 saturated carbocycles. The van der Waals surface area contributed by atoms with Gasteiger partial charge in [-0.25, -0.2) is 0 Å². The Hall–Kier alpha value is -0.760. The van der Waals surface area contributed by atoms with Gasteiger partial charge < -0.3 is 0 Å². The number of rotatable bonds is 0. The summed E-state index contributed by atoms with van der Waals surface area (Å²) in [5.41, 5.74) is 0. The van der Waals surface area contributed by atoms with Gasteiger partial charge in [0.1, 0.15) is 0 Å². The zero-order valence-corrected chi connectivity index (χ0v) is 9.96. The van der Waals surface area contributed by atoms with Crippen molar-refractivity contribution >= 4 is 54.7 Å². The number of benzene rings is 2. The Morgan fingerprint density at radius 3 is 2.60 bits per heavy atom. The average molecular weight is 253 g/mol. The maximum Gasteiger partial charge on any atom is 0.0599 e. The van der Waals surface area contributed by atoms with E-state index >= 15 is 0 Å². The van der Waals surface area contributed by atoms with Crippen LogP contribution in [0.15, 0.2) is 36.4 Å². The van der Waals surface area contributed by atoms with Gasteiger partial charge in [-0.2, -0.15) is 0 Å². The van der Waals surface area contributed by atoms with E-state index in [4.69, 9.17) is 23.2 Å². The molecule has 15 heavy (non-hydrogen) atoms. The van der Waals surface area contributed by atoms with E-state index in [1.165, 1.54) is 10.1 Å². The summed E-state index contributed by atoms with van der Waals surface area (Å²) >= 11 is 13.9. The molecule has 0 aliphatic rings. The predicted octanol–water partition coefficient (Wildman–Crippen LogP) is 5.36. The van der Waals surface area contributed by atoms with E-state index in [-0.39, 0.29) is 0 Å². The quantitative estimate of drug-likeness (QED) is 0.505. The molecule has 1 aromatic heterocycles. The van der Waals surface area contributed by atoms with E-state index in [1.807, 2.05) is 18.2 Å². The third-order valence-corrected chi connectivity index (χ3v) is 4.25. The predicted molar refractivity (Wildman–Crippen MR) is 69.4 cm³/mol. The first-order valence-electron chi connectivity index (χ1n) is 4.52. The van der Waals surface area contributed by atoms with Crippen LogP contribution in [0.25, 0.3) is 20.2 Å². The van der Waals surface area contributed by atoms with Crippen molar-refractivity contribution in [1.82, 2.24) is 0 Å². The molecule has 0 bridgehead atoms. The number of fused-ring (bicyclic) bond motifs is 3. The lowest BCUT2D eigenvalue weighted by atomic mass is 10.1. The minimum Gasteiger partial charge on any atom is -0.134 e. The van der Waals surface area contributed by atoms with Gasteiger partial charge in [-0.15, -0.1) is 11.3 Å². The van der Waals surface area contributed by atoms with Gasteiger partial charge in [0.05, 0.1) is 9.72 Å². The summed E-state index contributed by atoms with van der Waals surface area (Å²) in [7, 11) is 0. The van der Waals surface area contributed by atoms with Crippen molar-refractivity contribution in [2.24, 2.45) is 0 Å². The second kappa shape index (κ2) is 3.38. The van der Waals surface area contributed by atoms with Crippen LogP contribution >= 0.6 is 34.5 Å². The molecular formula is C12H6Cl2S. The highest BCUT2D eigenvalue weighted by Gasteiger charge is 2.08. The first kappa shape index (κ1) is 9.46. The highest BCUT2D eigenvalue weighted by Crippen LogP contribution is 2.39. The largest absolute Gasteiger partial charge is 0.134 e. The first-order valence-corrected chi connectivity index (χ1v) is 6.09. The van der Waals surface area contributed by atoms with Crippen LogP contribution in [0.5, 0.6) is 0 Å². The van der Waals surface area contributed by atoms with E-state index in [1.54, 1.807) is 17.4 Å². The van der Waals surface area contributed by atoms with Crippen LogP contribution in [0.2, 0.25) is 10.0 Å². The van der Waals surface area contributed by atoms with Crippen LogP contribution in [0.4, 0.5) is 0 Å². The Kier molecular flexibility index (Phi) is 2.13. The van der Waals surface area contributed by atoms with Gasteiger partial charge in [0.15, 0.2) is 0 Å². The Labute approximate surface area is 101 Å². The second-order valence-corrected chi connectivity index (χ2v) is 5.26. The molecule has 0 aliphatic heterocycles. The molecule has 3 rings (SSSR count). The van der Waals surface area contributed by atoms with Crippen molar-refractivity contribution in [3.63, 3.8) is 0 Å². The third kappa shape index (κ3) is 1.43. The second-order valence-electron chi connectivity index (χ2n) is 3.36. The van der Waals surface area contributed by atoms with Gasteiger partial charge in [-0.1, -0.05) is 41.4 Å². The minimum atomic E-state index is 0.691. The molecule has 0 atom stereocenters. The van der Waals surface area contributed by atoms with Crippen LogP contribution in [-0.4, -0.2) is 0 Å². The van der Waals surface area contributed by atoms with Gasteiger partial charge in [-0.3, -0.25) is 0 Å². The molecule has 1 heterocycles. The van der Waals surface area contributed by atoms with Crippen molar-refractivity contribution in [2.75, 3.05) is 0 Å². The van der Waals surface area contributed by atoms with Crippen molar-refractivity contribution in [3.05, 3.63) is 46.4 Å². The number of thiophene rings is 1.